The van der Waals surface area contributed by atoms with Crippen LogP contribution >= 0.6 is 0 Å². The highest BCUT2D eigenvalue weighted by Crippen LogP contribution is 2.29. The third-order valence-corrected chi connectivity index (χ3v) is 4.64. The Kier molecular flexibility index (Phi) is 6.67. The summed E-state index contributed by atoms with van der Waals surface area (Å²) in [7, 11) is 3.09. The molecule has 32 heavy (non-hydrogen) atoms. The Labute approximate surface area is 187 Å². The lowest BCUT2D eigenvalue weighted by molar-refractivity contribution is -0.118. The fourth-order valence-electron chi connectivity index (χ4n) is 3.02. The summed E-state index contributed by atoms with van der Waals surface area (Å²) < 4.78 is 17.9. The van der Waals surface area contributed by atoms with Crippen molar-refractivity contribution in [2.45, 2.75) is 40.0 Å². The van der Waals surface area contributed by atoms with Gasteiger partial charge in [0.15, 0.2) is 6.61 Å². The van der Waals surface area contributed by atoms with E-state index in [9.17, 15) is 4.79 Å². The molecule has 2 heterocycles. The molecule has 0 aliphatic rings. The first-order valence-electron chi connectivity index (χ1n) is 10.2. The molecule has 1 aromatic carbocycles. The molecule has 0 aliphatic heterocycles. The summed E-state index contributed by atoms with van der Waals surface area (Å²) >= 11 is 0. The van der Waals surface area contributed by atoms with Gasteiger partial charge in [-0.1, -0.05) is 20.8 Å². The van der Waals surface area contributed by atoms with Crippen LogP contribution in [0.3, 0.4) is 0 Å². The Balaban J connectivity index is 1.84. The summed E-state index contributed by atoms with van der Waals surface area (Å²) in [5.74, 6) is 1.53. The lowest BCUT2D eigenvalue weighted by Gasteiger charge is -2.13. The number of aromatic nitrogens is 4. The number of hydrogen-bond donors (Lipinski definition) is 1. The molecule has 2 aromatic heterocycles. The van der Waals surface area contributed by atoms with E-state index in [2.05, 4.69) is 20.4 Å². The van der Waals surface area contributed by atoms with E-state index in [0.29, 0.717) is 29.0 Å². The standard InChI is InChI=1S/C23H29N5O4/c1-14-10-15(2)25-22(24-14)28-21(12-19(27-28)23(3,4)5)32-13-20(29)26-17-11-16(30-6)8-9-18(17)31-7/h8-12H,13H2,1-7H3,(H,26,29). The first kappa shape index (κ1) is 23.1. The minimum atomic E-state index is -0.358. The number of methoxy groups -OCH3 is 2. The molecule has 0 fully saturated rings. The van der Waals surface area contributed by atoms with Crippen LogP contribution < -0.4 is 19.5 Å². The summed E-state index contributed by atoms with van der Waals surface area (Å²) in [5.41, 5.74) is 2.69. The first-order chi connectivity index (χ1) is 15.1. The first-order valence-corrected chi connectivity index (χ1v) is 10.2. The largest absolute Gasteiger partial charge is 0.497 e. The predicted octanol–water partition coefficient (Wildman–Crippen LogP) is 3.61. The van der Waals surface area contributed by atoms with Gasteiger partial charge in [-0.2, -0.15) is 9.78 Å². The normalized spacial score (nSPS) is 11.2. The number of benzene rings is 1. The van der Waals surface area contributed by atoms with Gasteiger partial charge in [0.1, 0.15) is 11.5 Å². The Morgan fingerprint density at radius 1 is 1.03 bits per heavy atom. The van der Waals surface area contributed by atoms with Gasteiger partial charge in [0, 0.05) is 28.9 Å². The van der Waals surface area contributed by atoms with Crippen LogP contribution in [0.1, 0.15) is 37.9 Å². The molecule has 0 unspecified atom stereocenters. The van der Waals surface area contributed by atoms with Crippen molar-refractivity contribution in [2.75, 3.05) is 26.1 Å². The van der Waals surface area contributed by atoms with E-state index in [1.807, 2.05) is 40.7 Å². The molecule has 1 amide bonds. The second kappa shape index (κ2) is 9.25. The number of anilines is 1. The molecule has 9 nitrogen and oxygen atoms in total. The SMILES string of the molecule is COc1ccc(OC)c(NC(=O)COc2cc(C(C)(C)C)nn2-c2nc(C)cc(C)n2)c1. The highest BCUT2D eigenvalue weighted by molar-refractivity contribution is 5.93. The smallest absolute Gasteiger partial charge is 0.262 e. The summed E-state index contributed by atoms with van der Waals surface area (Å²) in [6, 6.07) is 8.84. The van der Waals surface area contributed by atoms with Gasteiger partial charge in [-0.15, -0.1) is 0 Å². The fourth-order valence-corrected chi connectivity index (χ4v) is 3.02. The molecule has 3 rings (SSSR count). The Morgan fingerprint density at radius 3 is 2.31 bits per heavy atom. The molecule has 3 aromatic rings. The lowest BCUT2D eigenvalue weighted by atomic mass is 9.93. The van der Waals surface area contributed by atoms with Gasteiger partial charge < -0.3 is 19.5 Å². The van der Waals surface area contributed by atoms with Crippen LogP contribution in [0.2, 0.25) is 0 Å². The quantitative estimate of drug-likeness (QED) is 0.600. The topological polar surface area (TPSA) is 100 Å². The van der Waals surface area contributed by atoms with Gasteiger partial charge >= 0.3 is 0 Å². The molecular formula is C23H29N5O4. The molecule has 0 bridgehead atoms. The number of nitrogens with zero attached hydrogens (tertiary/aromatic N) is 4. The zero-order valence-electron chi connectivity index (χ0n) is 19.5. The molecule has 170 valence electrons. The number of amides is 1. The van der Waals surface area contributed by atoms with Crippen LogP contribution in [0, 0.1) is 13.8 Å². The molecule has 1 N–H and O–H groups in total. The van der Waals surface area contributed by atoms with Crippen molar-refractivity contribution in [3.8, 4) is 23.3 Å². The second-order valence-electron chi connectivity index (χ2n) is 8.38. The number of nitrogens with one attached hydrogen (secondary N) is 1. The average molecular weight is 440 g/mol. The van der Waals surface area contributed by atoms with E-state index in [0.717, 1.165) is 17.1 Å². The monoisotopic (exact) mass is 439 g/mol. The van der Waals surface area contributed by atoms with Gasteiger partial charge in [-0.05, 0) is 32.0 Å². The van der Waals surface area contributed by atoms with Crippen molar-refractivity contribution in [1.82, 2.24) is 19.7 Å². The van der Waals surface area contributed by atoms with Gasteiger partial charge in [0.2, 0.25) is 5.88 Å². The Bertz CT molecular complexity index is 1100. The Morgan fingerprint density at radius 2 is 1.72 bits per heavy atom. The number of aryl methyl sites for hydroxylation is 2. The van der Waals surface area contributed by atoms with Crippen molar-refractivity contribution in [2.24, 2.45) is 0 Å². The van der Waals surface area contributed by atoms with E-state index >= 15 is 0 Å². The maximum atomic E-state index is 12.6. The van der Waals surface area contributed by atoms with Crippen LogP contribution in [-0.2, 0) is 10.2 Å². The van der Waals surface area contributed by atoms with Crippen LogP contribution in [-0.4, -0.2) is 46.5 Å². The van der Waals surface area contributed by atoms with Crippen molar-refractivity contribution in [3.63, 3.8) is 0 Å². The Hall–Kier alpha value is -3.62. The minimum absolute atomic E-state index is 0.224. The maximum absolute atomic E-state index is 12.6. The van der Waals surface area contributed by atoms with E-state index in [4.69, 9.17) is 14.2 Å². The molecule has 0 saturated heterocycles. The zero-order chi connectivity index (χ0) is 23.5. The third-order valence-electron chi connectivity index (χ3n) is 4.64. The minimum Gasteiger partial charge on any atom is -0.497 e. The van der Waals surface area contributed by atoms with E-state index < -0.39 is 0 Å². The van der Waals surface area contributed by atoms with Crippen molar-refractivity contribution in [1.29, 1.82) is 0 Å². The van der Waals surface area contributed by atoms with E-state index in [1.54, 1.807) is 31.4 Å². The molecule has 0 spiro atoms. The summed E-state index contributed by atoms with van der Waals surface area (Å²) in [6.45, 7) is 9.69. The number of ether oxygens (including phenoxy) is 3. The van der Waals surface area contributed by atoms with Crippen LogP contribution in [0.5, 0.6) is 17.4 Å². The second-order valence-corrected chi connectivity index (χ2v) is 8.38. The fraction of sp³-hybridized carbons (Fsp3) is 0.391. The maximum Gasteiger partial charge on any atom is 0.262 e. The van der Waals surface area contributed by atoms with Crippen LogP contribution in [0.15, 0.2) is 30.3 Å². The molecular weight excluding hydrogens is 410 g/mol. The highest BCUT2D eigenvalue weighted by Gasteiger charge is 2.23. The summed E-state index contributed by atoms with van der Waals surface area (Å²) in [4.78, 5) is 21.6. The molecule has 9 heteroatoms. The number of carbonyl (C=O) groups excluding carboxylic acids is 1. The zero-order valence-corrected chi connectivity index (χ0v) is 19.5. The average Bonchev–Trinajstić information content (AvgIpc) is 3.16. The van der Waals surface area contributed by atoms with Crippen LogP contribution in [0.25, 0.3) is 5.95 Å². The number of hydrogen-bond acceptors (Lipinski definition) is 7. The third kappa shape index (κ3) is 5.35. The lowest BCUT2D eigenvalue weighted by Crippen LogP contribution is -2.21. The molecule has 0 saturated carbocycles. The molecule has 0 atom stereocenters. The summed E-state index contributed by atoms with van der Waals surface area (Å²) in [6.07, 6.45) is 0. The highest BCUT2D eigenvalue weighted by atomic mass is 16.5. The number of carbonyl (C=O) groups is 1. The van der Waals surface area contributed by atoms with Crippen molar-refractivity contribution in [3.05, 3.63) is 47.4 Å². The number of rotatable bonds is 7. The van der Waals surface area contributed by atoms with Crippen molar-refractivity contribution < 1.29 is 19.0 Å². The van der Waals surface area contributed by atoms with Gasteiger partial charge in [-0.3, -0.25) is 4.79 Å². The van der Waals surface area contributed by atoms with Gasteiger partial charge in [-0.25, -0.2) is 9.97 Å². The predicted molar refractivity (Wildman–Crippen MR) is 121 cm³/mol. The molecule has 0 aliphatic carbocycles. The van der Waals surface area contributed by atoms with Gasteiger partial charge in [0.25, 0.3) is 11.9 Å². The van der Waals surface area contributed by atoms with E-state index in [1.165, 1.54) is 11.8 Å². The summed E-state index contributed by atoms with van der Waals surface area (Å²) in [5, 5.41) is 7.44. The van der Waals surface area contributed by atoms with Crippen LogP contribution in [0.4, 0.5) is 5.69 Å². The van der Waals surface area contributed by atoms with Gasteiger partial charge in [0.05, 0.1) is 25.6 Å². The molecule has 0 radical (unpaired) electrons. The van der Waals surface area contributed by atoms with E-state index in [-0.39, 0.29) is 17.9 Å². The van der Waals surface area contributed by atoms with Crippen molar-refractivity contribution >= 4 is 11.6 Å².